The van der Waals surface area contributed by atoms with Crippen molar-refractivity contribution in [3.8, 4) is 0 Å². The molecule has 0 amide bonds. The standard InChI is InChI=1S/C12H12Cl2FNO2/c13-8-1-2-9(15)12(14)11(8)10(17)5-7-6-18-4-3-16-7/h1-2,7,16H,3-6H2. The van der Waals surface area contributed by atoms with E-state index in [9.17, 15) is 9.18 Å². The van der Waals surface area contributed by atoms with E-state index in [0.717, 1.165) is 6.07 Å². The molecule has 1 N–H and O–H groups in total. The molecule has 1 saturated heterocycles. The zero-order chi connectivity index (χ0) is 13.1. The monoisotopic (exact) mass is 291 g/mol. The van der Waals surface area contributed by atoms with Gasteiger partial charge in [-0.3, -0.25) is 4.79 Å². The fourth-order valence-corrected chi connectivity index (χ4v) is 2.44. The molecular weight excluding hydrogens is 280 g/mol. The van der Waals surface area contributed by atoms with Gasteiger partial charge < -0.3 is 10.1 Å². The van der Waals surface area contributed by atoms with Crippen LogP contribution in [0.15, 0.2) is 12.1 Å². The highest BCUT2D eigenvalue weighted by molar-refractivity contribution is 6.39. The van der Waals surface area contributed by atoms with Gasteiger partial charge in [0.2, 0.25) is 0 Å². The summed E-state index contributed by atoms with van der Waals surface area (Å²) in [6.07, 6.45) is 0.183. The maximum absolute atomic E-state index is 13.3. The second-order valence-electron chi connectivity index (χ2n) is 4.07. The first-order valence-electron chi connectivity index (χ1n) is 5.57. The van der Waals surface area contributed by atoms with Crippen molar-refractivity contribution in [1.82, 2.24) is 5.32 Å². The molecule has 1 unspecified atom stereocenters. The van der Waals surface area contributed by atoms with E-state index in [1.54, 1.807) is 0 Å². The predicted octanol–water partition coefficient (Wildman–Crippen LogP) is 2.69. The second kappa shape index (κ2) is 5.97. The Morgan fingerprint density at radius 1 is 1.50 bits per heavy atom. The Bertz CT molecular complexity index is 462. The minimum atomic E-state index is -0.641. The average Bonchev–Trinajstić information content (AvgIpc) is 2.36. The smallest absolute Gasteiger partial charge is 0.167 e. The Hall–Kier alpha value is -0.680. The number of nitrogens with one attached hydrogen (secondary N) is 1. The van der Waals surface area contributed by atoms with Gasteiger partial charge in [-0.2, -0.15) is 0 Å². The van der Waals surface area contributed by atoms with Crippen LogP contribution in [-0.4, -0.2) is 31.6 Å². The topological polar surface area (TPSA) is 38.3 Å². The number of ether oxygens (including phenoxy) is 1. The van der Waals surface area contributed by atoms with E-state index in [-0.39, 0.29) is 33.9 Å². The molecule has 0 bridgehead atoms. The van der Waals surface area contributed by atoms with Gasteiger partial charge in [0.05, 0.1) is 28.8 Å². The van der Waals surface area contributed by atoms with Crippen molar-refractivity contribution in [3.63, 3.8) is 0 Å². The Morgan fingerprint density at radius 3 is 2.94 bits per heavy atom. The van der Waals surface area contributed by atoms with Crippen molar-refractivity contribution < 1.29 is 13.9 Å². The SMILES string of the molecule is O=C(CC1COCCN1)c1c(Cl)ccc(F)c1Cl. The summed E-state index contributed by atoms with van der Waals surface area (Å²) in [6.45, 7) is 1.78. The number of hydrogen-bond donors (Lipinski definition) is 1. The molecule has 0 aliphatic carbocycles. The third kappa shape index (κ3) is 3.01. The number of halogens is 3. The van der Waals surface area contributed by atoms with Gasteiger partial charge in [0.15, 0.2) is 5.78 Å². The van der Waals surface area contributed by atoms with Gasteiger partial charge in [0.1, 0.15) is 5.82 Å². The van der Waals surface area contributed by atoms with E-state index in [0.29, 0.717) is 19.8 Å². The summed E-state index contributed by atoms with van der Waals surface area (Å²) in [5.74, 6) is -0.926. The van der Waals surface area contributed by atoms with Crippen LogP contribution in [0.1, 0.15) is 16.8 Å². The molecule has 6 heteroatoms. The molecule has 3 nitrogen and oxygen atoms in total. The number of Topliss-reactive ketones (excluding diaryl/α,β-unsaturated/α-hetero) is 1. The Morgan fingerprint density at radius 2 is 2.28 bits per heavy atom. The Balaban J connectivity index is 2.15. The number of hydrogen-bond acceptors (Lipinski definition) is 3. The van der Waals surface area contributed by atoms with Crippen molar-refractivity contribution in [1.29, 1.82) is 0 Å². The molecule has 1 aliphatic rings. The minimum Gasteiger partial charge on any atom is -0.378 e. The zero-order valence-electron chi connectivity index (χ0n) is 9.51. The van der Waals surface area contributed by atoms with Crippen LogP contribution in [0.5, 0.6) is 0 Å². The lowest BCUT2D eigenvalue weighted by Gasteiger charge is -2.23. The summed E-state index contributed by atoms with van der Waals surface area (Å²) in [5, 5.41) is 3.10. The fraction of sp³-hybridized carbons (Fsp3) is 0.417. The van der Waals surface area contributed by atoms with E-state index in [4.69, 9.17) is 27.9 Å². The van der Waals surface area contributed by atoms with Crippen LogP contribution in [-0.2, 0) is 4.74 Å². The molecule has 1 aliphatic heterocycles. The number of carbonyl (C=O) groups is 1. The van der Waals surface area contributed by atoms with Crippen molar-refractivity contribution in [2.24, 2.45) is 0 Å². The van der Waals surface area contributed by atoms with Crippen LogP contribution in [0.2, 0.25) is 10.0 Å². The van der Waals surface area contributed by atoms with E-state index >= 15 is 0 Å². The lowest BCUT2D eigenvalue weighted by molar-refractivity contribution is 0.0676. The largest absolute Gasteiger partial charge is 0.378 e. The van der Waals surface area contributed by atoms with Crippen LogP contribution < -0.4 is 5.32 Å². The molecule has 1 aromatic rings. The van der Waals surface area contributed by atoms with Crippen LogP contribution in [0.3, 0.4) is 0 Å². The summed E-state index contributed by atoms with van der Waals surface area (Å²) < 4.78 is 18.6. The molecule has 0 spiro atoms. The summed E-state index contributed by atoms with van der Waals surface area (Å²) in [4.78, 5) is 12.1. The van der Waals surface area contributed by atoms with Crippen molar-refractivity contribution in [2.45, 2.75) is 12.5 Å². The first kappa shape index (κ1) is 13.7. The first-order valence-corrected chi connectivity index (χ1v) is 6.33. The highest BCUT2D eigenvalue weighted by Crippen LogP contribution is 2.28. The molecule has 0 radical (unpaired) electrons. The summed E-state index contributed by atoms with van der Waals surface area (Å²) in [5.41, 5.74) is 0.0470. The van der Waals surface area contributed by atoms with E-state index in [2.05, 4.69) is 5.32 Å². The van der Waals surface area contributed by atoms with Crippen LogP contribution in [0, 0.1) is 5.82 Å². The third-order valence-electron chi connectivity index (χ3n) is 2.75. The highest BCUT2D eigenvalue weighted by Gasteiger charge is 2.22. The second-order valence-corrected chi connectivity index (χ2v) is 4.86. The third-order valence-corrected chi connectivity index (χ3v) is 3.44. The molecule has 0 saturated carbocycles. The molecule has 1 atom stereocenters. The predicted molar refractivity (Wildman–Crippen MR) is 68.0 cm³/mol. The molecule has 98 valence electrons. The highest BCUT2D eigenvalue weighted by atomic mass is 35.5. The van der Waals surface area contributed by atoms with Crippen LogP contribution >= 0.6 is 23.2 Å². The first-order chi connectivity index (χ1) is 8.59. The summed E-state index contributed by atoms with van der Waals surface area (Å²) >= 11 is 11.7. The molecule has 0 aromatic heterocycles. The number of ketones is 1. The van der Waals surface area contributed by atoms with E-state index in [1.807, 2.05) is 0 Å². The fourth-order valence-electron chi connectivity index (χ4n) is 1.86. The zero-order valence-corrected chi connectivity index (χ0v) is 11.0. The van der Waals surface area contributed by atoms with Crippen LogP contribution in [0.4, 0.5) is 4.39 Å². The van der Waals surface area contributed by atoms with Gasteiger partial charge in [0.25, 0.3) is 0 Å². The summed E-state index contributed by atoms with van der Waals surface area (Å²) in [7, 11) is 0. The van der Waals surface area contributed by atoms with Gasteiger partial charge in [-0.25, -0.2) is 4.39 Å². The number of carbonyl (C=O) groups excluding carboxylic acids is 1. The minimum absolute atomic E-state index is 0.0470. The molecular formula is C12H12Cl2FNO2. The van der Waals surface area contributed by atoms with Gasteiger partial charge in [-0.05, 0) is 12.1 Å². The van der Waals surface area contributed by atoms with Gasteiger partial charge >= 0.3 is 0 Å². The summed E-state index contributed by atoms with van der Waals surface area (Å²) in [6, 6.07) is 2.39. The molecule has 1 heterocycles. The molecule has 2 rings (SSSR count). The van der Waals surface area contributed by atoms with Crippen LogP contribution in [0.25, 0.3) is 0 Å². The normalized spacial score (nSPS) is 19.8. The Kier molecular flexibility index (Phi) is 4.56. The Labute approximate surface area is 114 Å². The molecule has 1 fully saturated rings. The lowest BCUT2D eigenvalue weighted by Crippen LogP contribution is -2.42. The maximum atomic E-state index is 13.3. The molecule has 1 aromatic carbocycles. The lowest BCUT2D eigenvalue weighted by atomic mass is 10.0. The van der Waals surface area contributed by atoms with Crippen molar-refractivity contribution in [2.75, 3.05) is 19.8 Å². The van der Waals surface area contributed by atoms with Gasteiger partial charge in [-0.1, -0.05) is 23.2 Å². The average molecular weight is 292 g/mol. The van der Waals surface area contributed by atoms with Crippen molar-refractivity contribution in [3.05, 3.63) is 33.6 Å². The number of morpholine rings is 1. The van der Waals surface area contributed by atoms with E-state index < -0.39 is 5.82 Å². The van der Waals surface area contributed by atoms with Gasteiger partial charge in [0, 0.05) is 19.0 Å². The van der Waals surface area contributed by atoms with E-state index in [1.165, 1.54) is 6.07 Å². The van der Waals surface area contributed by atoms with Crippen molar-refractivity contribution >= 4 is 29.0 Å². The number of rotatable bonds is 3. The quantitative estimate of drug-likeness (QED) is 0.687. The number of benzene rings is 1. The molecule has 18 heavy (non-hydrogen) atoms. The van der Waals surface area contributed by atoms with Gasteiger partial charge in [-0.15, -0.1) is 0 Å². The maximum Gasteiger partial charge on any atom is 0.167 e.